The summed E-state index contributed by atoms with van der Waals surface area (Å²) in [5.74, 6) is 1.06. The molecule has 1 aromatic carbocycles. The third kappa shape index (κ3) is 6.03. The van der Waals surface area contributed by atoms with Crippen molar-refractivity contribution >= 4 is 21.7 Å². The molecule has 1 aliphatic rings. The molecule has 0 saturated heterocycles. The Morgan fingerprint density at radius 1 is 1.13 bits per heavy atom. The number of benzene rings is 1. The van der Waals surface area contributed by atoms with Gasteiger partial charge in [-0.15, -0.1) is 0 Å². The zero-order valence-electron chi connectivity index (χ0n) is 17.4. The zero-order chi connectivity index (χ0) is 21.6. The second-order valence-electron chi connectivity index (χ2n) is 7.92. The van der Waals surface area contributed by atoms with Gasteiger partial charge in [-0.3, -0.25) is 4.79 Å². The number of hydrogen-bond donors (Lipinski definition) is 2. The van der Waals surface area contributed by atoms with E-state index in [1.165, 1.54) is 56.4 Å². The molecule has 1 amide bonds. The molecule has 30 heavy (non-hydrogen) atoms. The van der Waals surface area contributed by atoms with Gasteiger partial charge in [0.25, 0.3) is 5.91 Å². The van der Waals surface area contributed by atoms with E-state index in [4.69, 9.17) is 4.74 Å². The van der Waals surface area contributed by atoms with Gasteiger partial charge < -0.3 is 10.1 Å². The molecule has 162 valence electrons. The monoisotopic (exact) mass is 431 g/mol. The number of pyridine rings is 1. The van der Waals surface area contributed by atoms with Gasteiger partial charge in [-0.2, -0.15) is 0 Å². The molecule has 2 N–H and O–H groups in total. The third-order valence-corrected chi connectivity index (χ3v) is 6.69. The van der Waals surface area contributed by atoms with Crippen molar-refractivity contribution in [3.05, 3.63) is 48.2 Å². The molecule has 0 aliphatic heterocycles. The lowest BCUT2D eigenvalue weighted by molar-refractivity contribution is 0.102. The van der Waals surface area contributed by atoms with Crippen molar-refractivity contribution in [1.82, 2.24) is 9.71 Å². The lowest BCUT2D eigenvalue weighted by Crippen LogP contribution is -2.30. The zero-order valence-corrected chi connectivity index (χ0v) is 18.2. The average molecular weight is 432 g/mol. The predicted octanol–water partition coefficient (Wildman–Crippen LogP) is 3.98. The van der Waals surface area contributed by atoms with Crippen LogP contribution in [0.2, 0.25) is 0 Å². The molecule has 0 unspecified atom stereocenters. The van der Waals surface area contributed by atoms with E-state index < -0.39 is 10.0 Å². The van der Waals surface area contributed by atoms with E-state index in [2.05, 4.69) is 15.0 Å². The molecule has 3 rings (SSSR count). The molecule has 1 fully saturated rings. The predicted molar refractivity (Wildman–Crippen MR) is 116 cm³/mol. The van der Waals surface area contributed by atoms with Crippen LogP contribution < -0.4 is 14.8 Å². The molecule has 1 saturated carbocycles. The highest BCUT2D eigenvalue weighted by Gasteiger charge is 2.18. The molecular formula is C22H29N3O4S. The van der Waals surface area contributed by atoms with Crippen LogP contribution in [-0.4, -0.2) is 32.0 Å². The van der Waals surface area contributed by atoms with Crippen LogP contribution in [0.5, 0.6) is 5.75 Å². The van der Waals surface area contributed by atoms with Gasteiger partial charge >= 0.3 is 0 Å². The number of anilines is 1. The number of ether oxygens (including phenoxy) is 1. The fourth-order valence-electron chi connectivity index (χ4n) is 3.51. The van der Waals surface area contributed by atoms with Crippen LogP contribution in [-0.2, 0) is 10.0 Å². The van der Waals surface area contributed by atoms with Crippen LogP contribution in [0.4, 0.5) is 5.82 Å². The highest BCUT2D eigenvalue weighted by atomic mass is 32.2. The van der Waals surface area contributed by atoms with Gasteiger partial charge in [0.1, 0.15) is 0 Å². The molecule has 0 atom stereocenters. The Balaban J connectivity index is 1.66. The van der Waals surface area contributed by atoms with Crippen molar-refractivity contribution in [3.63, 3.8) is 0 Å². The normalized spacial score (nSPS) is 15.2. The summed E-state index contributed by atoms with van der Waals surface area (Å²) in [6, 6.07) is 9.14. The van der Waals surface area contributed by atoms with Gasteiger partial charge in [0.2, 0.25) is 10.0 Å². The Labute approximate surface area is 178 Å². The first-order chi connectivity index (χ1) is 14.3. The largest absolute Gasteiger partial charge is 0.489 e. The molecule has 1 heterocycles. The molecule has 1 aliphatic carbocycles. The number of rotatable bonds is 8. The molecular weight excluding hydrogens is 402 g/mol. The van der Waals surface area contributed by atoms with Crippen molar-refractivity contribution in [3.8, 4) is 5.75 Å². The van der Waals surface area contributed by atoms with Crippen LogP contribution in [0.15, 0.2) is 47.5 Å². The Morgan fingerprint density at radius 2 is 1.83 bits per heavy atom. The minimum absolute atomic E-state index is 0.113. The van der Waals surface area contributed by atoms with Gasteiger partial charge in [0.05, 0.1) is 11.5 Å². The SMILES string of the molecule is CC(C)NS(=O)(=O)c1ccc(C(=O)Nc2ncccc2OCC2CCCCC2)cc1. The number of hydrogen-bond acceptors (Lipinski definition) is 5. The fourth-order valence-corrected chi connectivity index (χ4v) is 4.76. The van der Waals surface area contributed by atoms with Crippen LogP contribution in [0.25, 0.3) is 0 Å². The minimum atomic E-state index is -3.60. The second-order valence-corrected chi connectivity index (χ2v) is 9.63. The quantitative estimate of drug-likeness (QED) is 0.659. The summed E-state index contributed by atoms with van der Waals surface area (Å²) in [6.07, 6.45) is 7.70. The number of nitrogens with one attached hydrogen (secondary N) is 2. The Hall–Kier alpha value is -2.45. The van der Waals surface area contributed by atoms with Crippen LogP contribution in [0.1, 0.15) is 56.3 Å². The first kappa shape index (κ1) is 22.2. The topological polar surface area (TPSA) is 97.4 Å². The Kier molecular flexibility index (Phi) is 7.44. The smallest absolute Gasteiger partial charge is 0.256 e. The number of amides is 1. The van der Waals surface area contributed by atoms with Gasteiger partial charge in [-0.1, -0.05) is 19.3 Å². The summed E-state index contributed by atoms with van der Waals surface area (Å²) in [5.41, 5.74) is 0.336. The number of carbonyl (C=O) groups is 1. The molecule has 0 bridgehead atoms. The van der Waals surface area contributed by atoms with Crippen molar-refractivity contribution in [2.24, 2.45) is 5.92 Å². The Morgan fingerprint density at radius 3 is 2.50 bits per heavy atom. The van der Waals surface area contributed by atoms with E-state index in [1.807, 2.05) is 0 Å². The summed E-state index contributed by atoms with van der Waals surface area (Å²) in [4.78, 5) is 17.0. The number of sulfonamides is 1. The summed E-state index contributed by atoms with van der Waals surface area (Å²) < 4.78 is 32.9. The average Bonchev–Trinajstić information content (AvgIpc) is 2.73. The van der Waals surface area contributed by atoms with Gasteiger partial charge in [0.15, 0.2) is 11.6 Å². The lowest BCUT2D eigenvalue weighted by Gasteiger charge is -2.22. The molecule has 8 heteroatoms. The second kappa shape index (κ2) is 10.0. The van der Waals surface area contributed by atoms with E-state index in [-0.39, 0.29) is 16.8 Å². The molecule has 2 aromatic rings. The first-order valence-electron chi connectivity index (χ1n) is 10.4. The molecule has 1 aromatic heterocycles. The van der Waals surface area contributed by atoms with Crippen LogP contribution in [0, 0.1) is 5.92 Å². The van der Waals surface area contributed by atoms with Gasteiger partial charge in [-0.25, -0.2) is 18.1 Å². The summed E-state index contributed by atoms with van der Waals surface area (Å²) in [5, 5.41) is 2.76. The Bertz CT molecular complexity index is 953. The molecule has 0 radical (unpaired) electrons. The van der Waals surface area contributed by atoms with Crippen molar-refractivity contribution in [1.29, 1.82) is 0 Å². The number of aromatic nitrogens is 1. The van der Waals surface area contributed by atoms with Gasteiger partial charge in [0, 0.05) is 17.8 Å². The summed E-state index contributed by atoms with van der Waals surface area (Å²) >= 11 is 0. The van der Waals surface area contributed by atoms with E-state index in [1.54, 1.807) is 32.2 Å². The standard InChI is InChI=1S/C22H29N3O4S/c1-16(2)25-30(27,28)19-12-10-18(11-13-19)22(26)24-21-20(9-6-14-23-21)29-15-17-7-4-3-5-8-17/h6,9-14,16-17,25H,3-5,7-8,15H2,1-2H3,(H,23,24,26). The summed E-state index contributed by atoms with van der Waals surface area (Å²) in [7, 11) is -3.60. The van der Waals surface area contributed by atoms with E-state index in [9.17, 15) is 13.2 Å². The highest BCUT2D eigenvalue weighted by molar-refractivity contribution is 7.89. The van der Waals surface area contributed by atoms with E-state index >= 15 is 0 Å². The highest BCUT2D eigenvalue weighted by Crippen LogP contribution is 2.27. The maximum atomic E-state index is 12.6. The van der Waals surface area contributed by atoms with E-state index in [0.29, 0.717) is 29.7 Å². The third-order valence-electron chi connectivity index (χ3n) is 5.02. The van der Waals surface area contributed by atoms with Crippen molar-refractivity contribution < 1.29 is 17.9 Å². The summed E-state index contributed by atoms with van der Waals surface area (Å²) in [6.45, 7) is 4.12. The molecule has 7 nitrogen and oxygen atoms in total. The first-order valence-corrected chi connectivity index (χ1v) is 11.8. The molecule has 0 spiro atoms. The minimum Gasteiger partial charge on any atom is -0.489 e. The van der Waals surface area contributed by atoms with E-state index in [0.717, 1.165) is 0 Å². The van der Waals surface area contributed by atoms with Crippen molar-refractivity contribution in [2.75, 3.05) is 11.9 Å². The van der Waals surface area contributed by atoms with Crippen LogP contribution >= 0.6 is 0 Å². The van der Waals surface area contributed by atoms with Crippen molar-refractivity contribution in [2.45, 2.75) is 56.9 Å². The maximum Gasteiger partial charge on any atom is 0.256 e. The maximum absolute atomic E-state index is 12.6. The number of nitrogens with zero attached hydrogens (tertiary/aromatic N) is 1. The van der Waals surface area contributed by atoms with Gasteiger partial charge in [-0.05, 0) is 69.0 Å². The van der Waals surface area contributed by atoms with Crippen LogP contribution in [0.3, 0.4) is 0 Å². The fraction of sp³-hybridized carbons (Fsp3) is 0.455. The number of carbonyl (C=O) groups excluding carboxylic acids is 1. The lowest BCUT2D eigenvalue weighted by atomic mass is 9.90.